The van der Waals surface area contributed by atoms with Gasteiger partial charge >= 0.3 is 0 Å². The van der Waals surface area contributed by atoms with Crippen molar-refractivity contribution in [2.75, 3.05) is 10.0 Å². The number of nitrogens with zero attached hydrogens (tertiary/aromatic N) is 3. The van der Waals surface area contributed by atoms with Crippen molar-refractivity contribution in [2.24, 2.45) is 7.05 Å². The summed E-state index contributed by atoms with van der Waals surface area (Å²) in [5.74, 6) is 0. The van der Waals surface area contributed by atoms with E-state index in [9.17, 15) is 28.4 Å². The van der Waals surface area contributed by atoms with Crippen LogP contribution < -0.4 is 15.6 Å². The van der Waals surface area contributed by atoms with Crippen LogP contribution in [0.2, 0.25) is 0 Å². The molecule has 0 aliphatic rings. The highest BCUT2D eigenvalue weighted by Crippen LogP contribution is 2.30. The fourth-order valence-electron chi connectivity index (χ4n) is 3.24. The molecule has 12 heteroatoms. The molecule has 1 atom stereocenters. The molecule has 0 aliphatic heterocycles. The van der Waals surface area contributed by atoms with E-state index >= 15 is 0 Å². The summed E-state index contributed by atoms with van der Waals surface area (Å²) in [6.07, 6.45) is 0. The number of sulfonamides is 1. The standard InChI is InChI=1S/C22H27N5O6S/c1-14-20(21(28)26(25(14)5)16-9-7-6-8-10-16)24-34(32,33)17-11-12-18(19(13-17)27(30)31)23-15(2)22(3,4)29/h6-13,15,23-24,29H,1-5H3. The number of nitro groups is 1. The van der Waals surface area contributed by atoms with Crippen LogP contribution in [0.3, 0.4) is 0 Å². The highest BCUT2D eigenvalue weighted by molar-refractivity contribution is 7.92. The second-order valence-electron chi connectivity index (χ2n) is 8.50. The van der Waals surface area contributed by atoms with Gasteiger partial charge in [-0.15, -0.1) is 0 Å². The first-order valence-corrected chi connectivity index (χ1v) is 11.9. The average molecular weight is 490 g/mol. The molecule has 1 aromatic heterocycles. The number of nitro benzene ring substituents is 1. The van der Waals surface area contributed by atoms with E-state index < -0.39 is 37.8 Å². The molecule has 11 nitrogen and oxygen atoms in total. The van der Waals surface area contributed by atoms with Crippen LogP contribution in [-0.2, 0) is 17.1 Å². The van der Waals surface area contributed by atoms with E-state index in [1.165, 1.54) is 21.5 Å². The van der Waals surface area contributed by atoms with Crippen LogP contribution in [0.25, 0.3) is 5.69 Å². The zero-order valence-corrected chi connectivity index (χ0v) is 20.3. The number of para-hydroxylation sites is 1. The number of hydrogen-bond donors (Lipinski definition) is 3. The normalized spacial score (nSPS) is 12.9. The van der Waals surface area contributed by atoms with Crippen molar-refractivity contribution < 1.29 is 18.4 Å². The van der Waals surface area contributed by atoms with Crippen LogP contribution in [0, 0.1) is 17.0 Å². The minimum atomic E-state index is -4.33. The van der Waals surface area contributed by atoms with Crippen LogP contribution in [0.15, 0.2) is 58.2 Å². The second-order valence-corrected chi connectivity index (χ2v) is 10.2. The Hall–Kier alpha value is -3.64. The van der Waals surface area contributed by atoms with Crippen molar-refractivity contribution in [2.45, 2.75) is 44.2 Å². The van der Waals surface area contributed by atoms with Gasteiger partial charge in [-0.3, -0.25) is 24.3 Å². The lowest BCUT2D eigenvalue weighted by atomic mass is 10.0. The molecule has 0 saturated carbocycles. The van der Waals surface area contributed by atoms with Crippen molar-refractivity contribution in [3.05, 3.63) is 74.7 Å². The highest BCUT2D eigenvalue weighted by Gasteiger charge is 2.28. The van der Waals surface area contributed by atoms with E-state index in [2.05, 4.69) is 10.0 Å². The Balaban J connectivity index is 2.01. The molecule has 0 fully saturated rings. The molecule has 0 bridgehead atoms. The van der Waals surface area contributed by atoms with Gasteiger partial charge in [-0.1, -0.05) is 18.2 Å². The molecule has 1 unspecified atom stereocenters. The van der Waals surface area contributed by atoms with Gasteiger partial charge in [0.15, 0.2) is 0 Å². The van der Waals surface area contributed by atoms with E-state index in [0.717, 1.165) is 6.07 Å². The molecule has 2 aromatic carbocycles. The minimum absolute atomic E-state index is 0.0564. The molecule has 0 amide bonds. The highest BCUT2D eigenvalue weighted by atomic mass is 32.2. The topological polar surface area (TPSA) is 149 Å². The largest absolute Gasteiger partial charge is 0.388 e. The van der Waals surface area contributed by atoms with E-state index in [1.807, 2.05) is 0 Å². The molecule has 0 spiro atoms. The SMILES string of the molecule is Cc1c(NS(=O)(=O)c2ccc(NC(C)C(C)(C)O)c([N+](=O)[O-])c2)c(=O)n(-c2ccccc2)n1C. The molecular weight excluding hydrogens is 462 g/mol. The van der Waals surface area contributed by atoms with Crippen LogP contribution in [0.4, 0.5) is 17.1 Å². The lowest BCUT2D eigenvalue weighted by molar-refractivity contribution is -0.384. The Labute approximate surface area is 196 Å². The summed E-state index contributed by atoms with van der Waals surface area (Å²) in [6, 6.07) is 11.5. The van der Waals surface area contributed by atoms with Gasteiger partial charge in [0.1, 0.15) is 11.4 Å². The maximum absolute atomic E-state index is 13.1. The summed E-state index contributed by atoms with van der Waals surface area (Å²) in [7, 11) is -2.71. The van der Waals surface area contributed by atoms with Gasteiger partial charge in [0, 0.05) is 13.1 Å². The Morgan fingerprint density at radius 1 is 1.15 bits per heavy atom. The van der Waals surface area contributed by atoms with Gasteiger partial charge in [-0.05, 0) is 52.0 Å². The van der Waals surface area contributed by atoms with Crippen LogP contribution in [0.5, 0.6) is 0 Å². The van der Waals surface area contributed by atoms with Crippen molar-refractivity contribution >= 4 is 27.1 Å². The molecule has 3 N–H and O–H groups in total. The molecule has 34 heavy (non-hydrogen) atoms. The summed E-state index contributed by atoms with van der Waals surface area (Å²) in [6.45, 7) is 6.32. The first kappa shape index (κ1) is 25.0. The number of aromatic nitrogens is 2. The quantitative estimate of drug-likeness (QED) is 0.325. The number of hydrogen-bond acceptors (Lipinski definition) is 7. The van der Waals surface area contributed by atoms with Gasteiger partial charge in [0.25, 0.3) is 21.3 Å². The third kappa shape index (κ3) is 4.82. The number of rotatable bonds is 8. The number of anilines is 2. The predicted molar refractivity (Wildman–Crippen MR) is 129 cm³/mol. The second kappa shape index (κ2) is 8.95. The fraction of sp³-hybridized carbons (Fsp3) is 0.318. The monoisotopic (exact) mass is 489 g/mol. The molecule has 182 valence electrons. The molecule has 1 heterocycles. The molecule has 3 rings (SSSR count). The zero-order valence-electron chi connectivity index (χ0n) is 19.4. The van der Waals surface area contributed by atoms with Crippen molar-refractivity contribution in [1.82, 2.24) is 9.36 Å². The lowest BCUT2D eigenvalue weighted by Crippen LogP contribution is -2.39. The molecule has 0 saturated heterocycles. The van der Waals surface area contributed by atoms with Crippen molar-refractivity contribution in [1.29, 1.82) is 0 Å². The Kier molecular flexibility index (Phi) is 6.58. The first-order valence-electron chi connectivity index (χ1n) is 10.4. The first-order chi connectivity index (χ1) is 15.7. The van der Waals surface area contributed by atoms with Crippen molar-refractivity contribution in [3.8, 4) is 5.69 Å². The maximum Gasteiger partial charge on any atom is 0.296 e. The smallest absolute Gasteiger partial charge is 0.296 e. The Morgan fingerprint density at radius 3 is 2.32 bits per heavy atom. The number of aliphatic hydroxyl groups is 1. The Bertz CT molecular complexity index is 1390. The third-order valence-electron chi connectivity index (χ3n) is 5.70. The summed E-state index contributed by atoms with van der Waals surface area (Å²) in [5.41, 5.74) is -1.43. The molecule has 0 aliphatic carbocycles. The van der Waals surface area contributed by atoms with E-state index in [-0.39, 0.29) is 16.3 Å². The van der Waals surface area contributed by atoms with E-state index in [4.69, 9.17) is 0 Å². The van der Waals surface area contributed by atoms with Gasteiger partial charge in [-0.25, -0.2) is 13.1 Å². The molecular formula is C22H27N5O6S. The summed E-state index contributed by atoms with van der Waals surface area (Å²) < 4.78 is 31.3. The lowest BCUT2D eigenvalue weighted by Gasteiger charge is -2.27. The van der Waals surface area contributed by atoms with E-state index in [0.29, 0.717) is 11.4 Å². The molecule has 3 aromatic rings. The number of nitrogens with one attached hydrogen (secondary N) is 2. The zero-order chi connectivity index (χ0) is 25.4. The van der Waals surface area contributed by atoms with Crippen LogP contribution in [0.1, 0.15) is 26.5 Å². The van der Waals surface area contributed by atoms with Crippen molar-refractivity contribution in [3.63, 3.8) is 0 Å². The maximum atomic E-state index is 13.1. The van der Waals surface area contributed by atoms with Crippen LogP contribution in [-0.4, -0.2) is 39.5 Å². The summed E-state index contributed by atoms with van der Waals surface area (Å²) in [5, 5.41) is 24.6. The van der Waals surface area contributed by atoms with Crippen LogP contribution >= 0.6 is 0 Å². The summed E-state index contributed by atoms with van der Waals surface area (Å²) >= 11 is 0. The Morgan fingerprint density at radius 2 is 1.76 bits per heavy atom. The van der Waals surface area contributed by atoms with Gasteiger partial charge in [0.2, 0.25) is 0 Å². The summed E-state index contributed by atoms with van der Waals surface area (Å²) in [4.78, 5) is 23.6. The molecule has 0 radical (unpaired) electrons. The van der Waals surface area contributed by atoms with E-state index in [1.54, 1.807) is 65.1 Å². The predicted octanol–water partition coefficient (Wildman–Crippen LogP) is 2.76. The van der Waals surface area contributed by atoms with Gasteiger partial charge < -0.3 is 10.4 Å². The fourth-order valence-corrected chi connectivity index (χ4v) is 4.38. The number of benzene rings is 2. The van der Waals surface area contributed by atoms with Gasteiger partial charge in [-0.2, -0.15) is 0 Å². The minimum Gasteiger partial charge on any atom is -0.388 e. The van der Waals surface area contributed by atoms with Gasteiger partial charge in [0.05, 0.1) is 32.8 Å². The third-order valence-corrected chi connectivity index (χ3v) is 7.05. The average Bonchev–Trinajstić information content (AvgIpc) is 2.96.